The second kappa shape index (κ2) is 8.16. The quantitative estimate of drug-likeness (QED) is 0.697. The highest BCUT2D eigenvalue weighted by molar-refractivity contribution is 7.89. The predicted octanol–water partition coefficient (Wildman–Crippen LogP) is 2.40. The minimum Gasteiger partial charge on any atom is -0.495 e. The van der Waals surface area contributed by atoms with Crippen LogP contribution in [0.1, 0.15) is 41.7 Å². The third-order valence-corrected chi connectivity index (χ3v) is 6.57. The van der Waals surface area contributed by atoms with Gasteiger partial charge in [0.1, 0.15) is 23.9 Å². The molecule has 1 saturated carbocycles. The Balaban J connectivity index is 1.53. The van der Waals surface area contributed by atoms with Gasteiger partial charge in [-0.25, -0.2) is 13.1 Å². The van der Waals surface area contributed by atoms with Gasteiger partial charge in [-0.05, 0) is 55.7 Å². The minimum atomic E-state index is -3.77. The van der Waals surface area contributed by atoms with Crippen LogP contribution in [0.3, 0.4) is 0 Å². The molecule has 160 valence electrons. The third kappa shape index (κ3) is 4.36. The molecular formula is C21H24N2O6S. The molecule has 2 aromatic carbocycles. The first-order valence-electron chi connectivity index (χ1n) is 9.78. The highest BCUT2D eigenvalue weighted by Crippen LogP contribution is 2.33. The number of nitrogens with one attached hydrogen (secondary N) is 2. The zero-order valence-electron chi connectivity index (χ0n) is 16.8. The van der Waals surface area contributed by atoms with Gasteiger partial charge in [0.15, 0.2) is 11.5 Å². The Bertz CT molecular complexity index is 1070. The molecule has 0 bridgehead atoms. The summed E-state index contributed by atoms with van der Waals surface area (Å²) in [5.74, 6) is 1.13. The van der Waals surface area contributed by atoms with Crippen molar-refractivity contribution in [3.63, 3.8) is 0 Å². The maximum Gasteiger partial charge on any atom is 0.251 e. The van der Waals surface area contributed by atoms with Gasteiger partial charge in [0, 0.05) is 11.6 Å². The molecule has 8 nitrogen and oxygen atoms in total. The number of ether oxygens (including phenoxy) is 3. The zero-order valence-corrected chi connectivity index (χ0v) is 17.6. The number of hydrogen-bond donors (Lipinski definition) is 2. The van der Waals surface area contributed by atoms with E-state index in [-0.39, 0.29) is 34.2 Å². The molecule has 2 aliphatic rings. The molecule has 1 fully saturated rings. The van der Waals surface area contributed by atoms with E-state index in [0.717, 1.165) is 18.4 Å². The monoisotopic (exact) mass is 432 g/mol. The van der Waals surface area contributed by atoms with Crippen molar-refractivity contribution in [1.82, 2.24) is 10.0 Å². The van der Waals surface area contributed by atoms with E-state index in [0.29, 0.717) is 24.7 Å². The summed E-state index contributed by atoms with van der Waals surface area (Å²) in [6.45, 7) is 2.84. The Hall–Kier alpha value is -2.78. The van der Waals surface area contributed by atoms with Gasteiger partial charge in [0.05, 0.1) is 13.2 Å². The van der Waals surface area contributed by atoms with Gasteiger partial charge >= 0.3 is 0 Å². The fourth-order valence-electron chi connectivity index (χ4n) is 3.20. The van der Waals surface area contributed by atoms with Crippen molar-refractivity contribution in [3.05, 3.63) is 47.5 Å². The molecule has 0 aromatic heterocycles. The van der Waals surface area contributed by atoms with Crippen LogP contribution in [-0.2, 0) is 10.0 Å². The zero-order chi connectivity index (χ0) is 21.3. The van der Waals surface area contributed by atoms with E-state index < -0.39 is 10.0 Å². The standard InChI is InChI=1S/C21H24N2O6S/c1-13(14-3-7-17-19(11-14)29-10-9-28-17)22-21(24)15-4-8-18(27-2)20(12-15)30(25,26)23-16-5-6-16/h3-4,7-8,11-13,16,23H,5-6,9-10H2,1-2H3,(H,22,24)/t13-/m0/s1. The van der Waals surface area contributed by atoms with Gasteiger partial charge in [-0.2, -0.15) is 0 Å². The molecule has 1 aliphatic carbocycles. The van der Waals surface area contributed by atoms with Crippen molar-refractivity contribution in [2.75, 3.05) is 20.3 Å². The summed E-state index contributed by atoms with van der Waals surface area (Å²) in [6, 6.07) is 9.52. The minimum absolute atomic E-state index is 0.0449. The molecule has 0 spiro atoms. The summed E-state index contributed by atoms with van der Waals surface area (Å²) in [6.07, 6.45) is 1.63. The number of amides is 1. The number of rotatable bonds is 7. The Morgan fingerprint density at radius 3 is 2.53 bits per heavy atom. The van der Waals surface area contributed by atoms with Crippen LogP contribution in [0.4, 0.5) is 0 Å². The highest BCUT2D eigenvalue weighted by Gasteiger charge is 2.30. The normalized spacial score (nSPS) is 16.6. The summed E-state index contributed by atoms with van der Waals surface area (Å²) < 4.78 is 44.3. The molecule has 2 N–H and O–H groups in total. The third-order valence-electron chi connectivity index (χ3n) is 5.03. The number of sulfonamides is 1. The summed E-state index contributed by atoms with van der Waals surface area (Å²) in [7, 11) is -2.37. The van der Waals surface area contributed by atoms with Crippen molar-refractivity contribution in [2.45, 2.75) is 36.7 Å². The topological polar surface area (TPSA) is 103 Å². The fraction of sp³-hybridized carbons (Fsp3) is 0.381. The highest BCUT2D eigenvalue weighted by atomic mass is 32.2. The van der Waals surface area contributed by atoms with Crippen molar-refractivity contribution in [1.29, 1.82) is 0 Å². The first kappa shape index (κ1) is 20.5. The van der Waals surface area contributed by atoms with Crippen LogP contribution in [0.5, 0.6) is 17.2 Å². The number of methoxy groups -OCH3 is 1. The molecule has 4 rings (SSSR count). The Morgan fingerprint density at radius 1 is 1.10 bits per heavy atom. The molecule has 0 radical (unpaired) electrons. The first-order valence-corrected chi connectivity index (χ1v) is 11.3. The number of hydrogen-bond acceptors (Lipinski definition) is 6. The lowest BCUT2D eigenvalue weighted by atomic mass is 10.1. The van der Waals surface area contributed by atoms with E-state index in [9.17, 15) is 13.2 Å². The Kier molecular flexibility index (Phi) is 5.57. The molecule has 2 aromatic rings. The largest absolute Gasteiger partial charge is 0.495 e. The SMILES string of the molecule is COc1ccc(C(=O)N[C@@H](C)c2ccc3c(c2)OCCO3)cc1S(=O)(=O)NC1CC1. The van der Waals surface area contributed by atoms with Crippen LogP contribution >= 0.6 is 0 Å². The number of carbonyl (C=O) groups is 1. The van der Waals surface area contributed by atoms with E-state index in [1.165, 1.54) is 19.2 Å². The van der Waals surface area contributed by atoms with Crippen LogP contribution in [0, 0.1) is 0 Å². The summed E-state index contributed by atoms with van der Waals surface area (Å²) in [5.41, 5.74) is 1.08. The van der Waals surface area contributed by atoms with Crippen LogP contribution in [-0.4, -0.2) is 40.7 Å². The average molecular weight is 432 g/mol. The van der Waals surface area contributed by atoms with E-state index in [4.69, 9.17) is 14.2 Å². The van der Waals surface area contributed by atoms with Gasteiger partial charge in [0.2, 0.25) is 10.0 Å². The molecule has 1 heterocycles. The summed E-state index contributed by atoms with van der Waals surface area (Å²) in [4.78, 5) is 12.8. The second-order valence-corrected chi connectivity index (χ2v) is 9.04. The lowest BCUT2D eigenvalue weighted by molar-refractivity contribution is 0.0939. The van der Waals surface area contributed by atoms with E-state index >= 15 is 0 Å². The molecule has 1 amide bonds. The maximum absolute atomic E-state index is 12.8. The maximum atomic E-state index is 12.8. The second-order valence-electron chi connectivity index (χ2n) is 7.36. The molecule has 1 aliphatic heterocycles. The van der Waals surface area contributed by atoms with Crippen LogP contribution < -0.4 is 24.2 Å². The van der Waals surface area contributed by atoms with E-state index in [2.05, 4.69) is 10.0 Å². The van der Waals surface area contributed by atoms with E-state index in [1.807, 2.05) is 25.1 Å². The smallest absolute Gasteiger partial charge is 0.251 e. The van der Waals surface area contributed by atoms with Crippen LogP contribution in [0.15, 0.2) is 41.3 Å². The van der Waals surface area contributed by atoms with Gasteiger partial charge in [-0.1, -0.05) is 6.07 Å². The van der Waals surface area contributed by atoms with E-state index in [1.54, 1.807) is 6.07 Å². The first-order chi connectivity index (χ1) is 14.4. The number of benzene rings is 2. The number of carbonyl (C=O) groups excluding carboxylic acids is 1. The van der Waals surface area contributed by atoms with Crippen molar-refractivity contribution < 1.29 is 27.4 Å². The average Bonchev–Trinajstić information content (AvgIpc) is 3.56. The molecule has 30 heavy (non-hydrogen) atoms. The predicted molar refractivity (Wildman–Crippen MR) is 110 cm³/mol. The molecule has 0 saturated heterocycles. The van der Waals surface area contributed by atoms with Crippen molar-refractivity contribution in [2.24, 2.45) is 0 Å². The number of fused-ring (bicyclic) bond motifs is 1. The van der Waals surface area contributed by atoms with Crippen molar-refractivity contribution >= 4 is 15.9 Å². The lowest BCUT2D eigenvalue weighted by Gasteiger charge is -2.21. The molecule has 1 atom stereocenters. The van der Waals surface area contributed by atoms with Crippen LogP contribution in [0.2, 0.25) is 0 Å². The summed E-state index contributed by atoms with van der Waals surface area (Å²) in [5, 5.41) is 2.90. The fourth-order valence-corrected chi connectivity index (χ4v) is 4.70. The summed E-state index contributed by atoms with van der Waals surface area (Å²) >= 11 is 0. The van der Waals surface area contributed by atoms with Crippen LogP contribution in [0.25, 0.3) is 0 Å². The lowest BCUT2D eigenvalue weighted by Crippen LogP contribution is -2.28. The molecule has 9 heteroatoms. The Labute approximate surface area is 175 Å². The van der Waals surface area contributed by atoms with Gasteiger partial charge in [-0.3, -0.25) is 4.79 Å². The molecule has 0 unspecified atom stereocenters. The molecular weight excluding hydrogens is 408 g/mol. The van der Waals surface area contributed by atoms with Gasteiger partial charge in [0.25, 0.3) is 5.91 Å². The van der Waals surface area contributed by atoms with Gasteiger partial charge < -0.3 is 19.5 Å². The van der Waals surface area contributed by atoms with Crippen molar-refractivity contribution in [3.8, 4) is 17.2 Å². The Morgan fingerprint density at radius 2 is 1.83 bits per heavy atom. The van der Waals surface area contributed by atoms with Gasteiger partial charge in [-0.15, -0.1) is 0 Å².